The van der Waals surface area contributed by atoms with Crippen LogP contribution in [0.2, 0.25) is 0 Å². The van der Waals surface area contributed by atoms with Crippen LogP contribution >= 0.6 is 0 Å². The quantitative estimate of drug-likeness (QED) is 0.630. The summed E-state index contributed by atoms with van der Waals surface area (Å²) in [5, 5.41) is 3.19. The van der Waals surface area contributed by atoms with Crippen molar-refractivity contribution in [2.75, 3.05) is 0 Å². The van der Waals surface area contributed by atoms with Crippen molar-refractivity contribution in [1.82, 2.24) is 19.9 Å². The van der Waals surface area contributed by atoms with E-state index in [1.807, 2.05) is 32.0 Å². The maximum atomic E-state index is 13.1. The zero-order valence-corrected chi connectivity index (χ0v) is 17.3. The van der Waals surface area contributed by atoms with Crippen molar-refractivity contribution in [1.29, 1.82) is 0 Å². The van der Waals surface area contributed by atoms with Crippen molar-refractivity contribution in [3.63, 3.8) is 0 Å². The summed E-state index contributed by atoms with van der Waals surface area (Å²) in [6, 6.07) is 11.8. The van der Waals surface area contributed by atoms with Crippen LogP contribution < -0.4 is 16.6 Å². The number of nitrogens with zero attached hydrogens (tertiary/aromatic N) is 2. The lowest BCUT2D eigenvalue weighted by Gasteiger charge is -2.16. The number of benzene rings is 1. The van der Waals surface area contributed by atoms with Gasteiger partial charge in [0.15, 0.2) is 5.65 Å². The number of hydrogen-bond acceptors (Lipinski definition) is 4. The number of rotatable bonds is 7. The van der Waals surface area contributed by atoms with Crippen molar-refractivity contribution in [3.05, 3.63) is 74.1 Å². The Morgan fingerprint density at radius 3 is 2.67 bits per heavy atom. The number of nitrogens with one attached hydrogen (secondary N) is 2. The highest BCUT2D eigenvalue weighted by atomic mass is 16.2. The minimum Gasteiger partial charge on any atom is -0.350 e. The molecule has 2 N–H and O–H groups in total. The zero-order valence-electron chi connectivity index (χ0n) is 17.3. The number of carbonyl (C=O) groups is 1. The second-order valence-corrected chi connectivity index (χ2v) is 7.97. The molecule has 1 fully saturated rings. The Bertz CT molecular complexity index is 1190. The van der Waals surface area contributed by atoms with Gasteiger partial charge in [-0.15, -0.1) is 0 Å². The Kier molecular flexibility index (Phi) is 5.53. The van der Waals surface area contributed by atoms with Crippen molar-refractivity contribution in [3.8, 4) is 0 Å². The Morgan fingerprint density at radius 2 is 2.00 bits per heavy atom. The van der Waals surface area contributed by atoms with Gasteiger partial charge >= 0.3 is 5.69 Å². The number of fused-ring (bicyclic) bond motifs is 1. The topological polar surface area (TPSA) is 96.9 Å². The van der Waals surface area contributed by atoms with Crippen LogP contribution in [0, 0.1) is 0 Å². The highest BCUT2D eigenvalue weighted by Gasteiger charge is 2.28. The average Bonchev–Trinajstić information content (AvgIpc) is 3.58. The lowest BCUT2D eigenvalue weighted by atomic mass is 10.0. The maximum Gasteiger partial charge on any atom is 0.329 e. The molecule has 7 heteroatoms. The summed E-state index contributed by atoms with van der Waals surface area (Å²) in [4.78, 5) is 44.9. The van der Waals surface area contributed by atoms with E-state index in [2.05, 4.69) is 27.4 Å². The van der Waals surface area contributed by atoms with Crippen molar-refractivity contribution in [2.24, 2.45) is 0 Å². The van der Waals surface area contributed by atoms with Gasteiger partial charge in [0.1, 0.15) is 0 Å². The summed E-state index contributed by atoms with van der Waals surface area (Å²) in [6.45, 7) is 4.13. The molecule has 4 rings (SSSR count). The summed E-state index contributed by atoms with van der Waals surface area (Å²) >= 11 is 0. The third-order valence-electron chi connectivity index (χ3n) is 5.61. The van der Waals surface area contributed by atoms with E-state index in [-0.39, 0.29) is 34.5 Å². The molecule has 0 bridgehead atoms. The highest BCUT2D eigenvalue weighted by Crippen LogP contribution is 2.39. The SMILES string of the molecule is CCn1c(=O)[nH]c(=O)c2c(C(=O)N[C@@H](C)CCc3ccccc3)cc(C3CC3)nc21. The van der Waals surface area contributed by atoms with E-state index < -0.39 is 11.2 Å². The minimum atomic E-state index is -0.573. The summed E-state index contributed by atoms with van der Waals surface area (Å²) < 4.78 is 1.41. The number of pyridine rings is 1. The third-order valence-corrected chi connectivity index (χ3v) is 5.61. The number of carbonyl (C=O) groups excluding carboxylic acids is 1. The molecule has 0 saturated heterocycles. The first-order chi connectivity index (χ1) is 14.5. The fraction of sp³-hybridized carbons (Fsp3) is 0.391. The number of aryl methyl sites for hydroxylation is 2. The molecule has 1 aliphatic carbocycles. The van der Waals surface area contributed by atoms with Gasteiger partial charge in [-0.2, -0.15) is 0 Å². The van der Waals surface area contributed by atoms with E-state index in [4.69, 9.17) is 0 Å². The number of hydrogen-bond donors (Lipinski definition) is 2. The van der Waals surface area contributed by atoms with E-state index in [0.29, 0.717) is 6.54 Å². The summed E-state index contributed by atoms with van der Waals surface area (Å²) in [5.41, 5.74) is 1.49. The second kappa shape index (κ2) is 8.26. The lowest BCUT2D eigenvalue weighted by molar-refractivity contribution is 0.0940. The molecule has 2 heterocycles. The van der Waals surface area contributed by atoms with Gasteiger partial charge in [0, 0.05) is 24.2 Å². The molecule has 1 amide bonds. The fourth-order valence-electron chi connectivity index (χ4n) is 3.76. The van der Waals surface area contributed by atoms with Gasteiger partial charge in [-0.1, -0.05) is 30.3 Å². The van der Waals surface area contributed by atoms with Crippen molar-refractivity contribution in [2.45, 2.75) is 58.0 Å². The predicted octanol–water partition coefficient (Wildman–Crippen LogP) is 2.73. The summed E-state index contributed by atoms with van der Waals surface area (Å²) in [7, 11) is 0. The molecule has 1 aromatic carbocycles. The van der Waals surface area contributed by atoms with Gasteiger partial charge in [0.2, 0.25) is 0 Å². The molecule has 7 nitrogen and oxygen atoms in total. The number of amides is 1. The van der Waals surface area contributed by atoms with Crippen LogP contribution in [0.25, 0.3) is 11.0 Å². The van der Waals surface area contributed by atoms with E-state index in [1.165, 1.54) is 10.1 Å². The number of aromatic amines is 1. The van der Waals surface area contributed by atoms with Gasteiger partial charge in [-0.05, 0) is 51.2 Å². The first-order valence-electron chi connectivity index (χ1n) is 10.5. The molecular formula is C23H26N4O3. The van der Waals surface area contributed by atoms with Gasteiger partial charge in [0.25, 0.3) is 11.5 Å². The fourth-order valence-corrected chi connectivity index (χ4v) is 3.76. The Morgan fingerprint density at radius 1 is 1.27 bits per heavy atom. The maximum absolute atomic E-state index is 13.1. The molecule has 0 aliphatic heterocycles. The third kappa shape index (κ3) is 4.06. The van der Waals surface area contributed by atoms with Gasteiger partial charge in [0.05, 0.1) is 10.9 Å². The lowest BCUT2D eigenvalue weighted by Crippen LogP contribution is -2.36. The zero-order chi connectivity index (χ0) is 21.3. The predicted molar refractivity (Wildman–Crippen MR) is 116 cm³/mol. The molecule has 0 unspecified atom stereocenters. The van der Waals surface area contributed by atoms with Crippen LogP contribution in [-0.2, 0) is 13.0 Å². The van der Waals surface area contributed by atoms with Crippen LogP contribution in [0.4, 0.5) is 0 Å². The van der Waals surface area contributed by atoms with Gasteiger partial charge in [-0.3, -0.25) is 19.1 Å². The molecule has 0 radical (unpaired) electrons. The second-order valence-electron chi connectivity index (χ2n) is 7.97. The molecular weight excluding hydrogens is 380 g/mol. The molecule has 0 spiro atoms. The minimum absolute atomic E-state index is 0.0681. The van der Waals surface area contributed by atoms with Crippen LogP contribution in [0.15, 0.2) is 46.0 Å². The van der Waals surface area contributed by atoms with Crippen LogP contribution in [-0.4, -0.2) is 26.5 Å². The standard InChI is InChI=1S/C23H26N4O3/c1-3-27-20-19(22(29)26-23(27)30)17(13-18(25-20)16-11-12-16)21(28)24-14(2)9-10-15-7-5-4-6-8-15/h4-8,13-14,16H,3,9-12H2,1-2H3,(H,24,28)(H,26,29,30)/t14-/m0/s1. The molecule has 3 aromatic rings. The van der Waals surface area contributed by atoms with E-state index >= 15 is 0 Å². The summed E-state index contributed by atoms with van der Waals surface area (Å²) in [6.07, 6.45) is 3.64. The summed E-state index contributed by atoms with van der Waals surface area (Å²) in [5.74, 6) is -0.0205. The first kappa shape index (κ1) is 20.1. The monoisotopic (exact) mass is 406 g/mol. The largest absolute Gasteiger partial charge is 0.350 e. The average molecular weight is 406 g/mol. The molecule has 1 aliphatic rings. The highest BCUT2D eigenvalue weighted by molar-refractivity contribution is 6.05. The molecule has 1 atom stereocenters. The first-order valence-corrected chi connectivity index (χ1v) is 10.5. The number of aromatic nitrogens is 3. The van der Waals surface area contributed by atoms with E-state index in [1.54, 1.807) is 6.07 Å². The van der Waals surface area contributed by atoms with Crippen molar-refractivity contribution < 1.29 is 4.79 Å². The van der Waals surface area contributed by atoms with E-state index in [9.17, 15) is 14.4 Å². The molecule has 30 heavy (non-hydrogen) atoms. The normalized spacial score (nSPS) is 14.6. The number of H-pyrrole nitrogens is 1. The van der Waals surface area contributed by atoms with Crippen LogP contribution in [0.3, 0.4) is 0 Å². The van der Waals surface area contributed by atoms with Gasteiger partial charge in [-0.25, -0.2) is 9.78 Å². The van der Waals surface area contributed by atoms with E-state index in [0.717, 1.165) is 31.4 Å². The molecule has 2 aromatic heterocycles. The van der Waals surface area contributed by atoms with Crippen molar-refractivity contribution >= 4 is 16.9 Å². The van der Waals surface area contributed by atoms with Gasteiger partial charge < -0.3 is 5.32 Å². The Labute approximate surface area is 174 Å². The Balaban J connectivity index is 1.66. The Hall–Kier alpha value is -3.22. The molecule has 1 saturated carbocycles. The van der Waals surface area contributed by atoms with Crippen LogP contribution in [0.5, 0.6) is 0 Å². The van der Waals surface area contributed by atoms with Crippen LogP contribution in [0.1, 0.15) is 60.6 Å². The molecule has 156 valence electrons. The smallest absolute Gasteiger partial charge is 0.329 e.